The van der Waals surface area contributed by atoms with E-state index in [1.165, 1.54) is 96.3 Å². The van der Waals surface area contributed by atoms with Crippen LogP contribution in [0, 0.1) is 12.3 Å². The van der Waals surface area contributed by atoms with Crippen molar-refractivity contribution in [1.82, 2.24) is 0 Å². The average molecular weight is 395 g/mol. The molecule has 0 amide bonds. The molecule has 2 atom stereocenters. The van der Waals surface area contributed by atoms with Crippen LogP contribution in [0.15, 0.2) is 0 Å². The normalized spacial score (nSPS) is 13.4. The molecule has 0 bridgehead atoms. The standard InChI is InChI=1S/C26H50O2/c1-5-9-11-13-15-17-18-20-23-25(22-7-3)28-26(27-8-4)24-21-19-16-14-12-10-6-2/h3,25-26H,5-6,8-24H2,1-2,4H3. The van der Waals surface area contributed by atoms with Gasteiger partial charge in [-0.3, -0.25) is 0 Å². The van der Waals surface area contributed by atoms with Crippen molar-refractivity contribution < 1.29 is 9.47 Å². The van der Waals surface area contributed by atoms with Crippen molar-refractivity contribution in [2.24, 2.45) is 0 Å². The Morgan fingerprint density at radius 3 is 1.57 bits per heavy atom. The molecule has 0 heterocycles. The maximum absolute atomic E-state index is 6.27. The third-order valence-electron chi connectivity index (χ3n) is 5.47. The first-order valence-corrected chi connectivity index (χ1v) is 12.5. The molecule has 0 rings (SSSR count). The first-order valence-electron chi connectivity index (χ1n) is 12.5. The Morgan fingerprint density at radius 2 is 1.11 bits per heavy atom. The largest absolute Gasteiger partial charge is 0.353 e. The van der Waals surface area contributed by atoms with E-state index in [9.17, 15) is 0 Å². The average Bonchev–Trinajstić information content (AvgIpc) is 2.69. The predicted octanol–water partition coefficient (Wildman–Crippen LogP) is 8.43. The quantitative estimate of drug-likeness (QED) is 0.104. The SMILES string of the molecule is C#CCC(CCCCCCCCCC)OC(CCCCCCCCC)OCC. The Bertz CT molecular complexity index is 334. The zero-order chi connectivity index (χ0) is 20.7. The van der Waals surface area contributed by atoms with Crippen LogP contribution in [0.3, 0.4) is 0 Å². The highest BCUT2D eigenvalue weighted by Gasteiger charge is 2.16. The van der Waals surface area contributed by atoms with Crippen molar-refractivity contribution in [1.29, 1.82) is 0 Å². The number of rotatable bonds is 22. The molecular weight excluding hydrogens is 344 g/mol. The molecule has 28 heavy (non-hydrogen) atoms. The fraction of sp³-hybridized carbons (Fsp3) is 0.923. The number of terminal acetylenes is 1. The molecule has 166 valence electrons. The van der Waals surface area contributed by atoms with Gasteiger partial charge in [-0.2, -0.15) is 0 Å². The van der Waals surface area contributed by atoms with E-state index in [4.69, 9.17) is 15.9 Å². The fourth-order valence-corrected chi connectivity index (χ4v) is 3.71. The molecule has 0 aliphatic heterocycles. The summed E-state index contributed by atoms with van der Waals surface area (Å²) in [5.74, 6) is 2.81. The lowest BCUT2D eigenvalue weighted by atomic mass is 10.0. The van der Waals surface area contributed by atoms with Crippen molar-refractivity contribution in [3.8, 4) is 12.3 Å². The van der Waals surface area contributed by atoms with Crippen LogP contribution in [0.5, 0.6) is 0 Å². The maximum atomic E-state index is 6.27. The van der Waals surface area contributed by atoms with Gasteiger partial charge in [-0.25, -0.2) is 0 Å². The molecule has 2 unspecified atom stereocenters. The molecule has 0 aliphatic carbocycles. The number of ether oxygens (including phenoxy) is 2. The summed E-state index contributed by atoms with van der Waals surface area (Å²) in [5.41, 5.74) is 0. The molecule has 0 aromatic carbocycles. The summed E-state index contributed by atoms with van der Waals surface area (Å²) in [6.45, 7) is 7.30. The molecule has 0 fully saturated rings. The van der Waals surface area contributed by atoms with Gasteiger partial charge in [0.25, 0.3) is 0 Å². The third-order valence-corrected chi connectivity index (χ3v) is 5.47. The van der Waals surface area contributed by atoms with Gasteiger partial charge in [0.15, 0.2) is 6.29 Å². The van der Waals surface area contributed by atoms with Crippen molar-refractivity contribution in [2.75, 3.05) is 6.61 Å². The lowest BCUT2D eigenvalue weighted by Crippen LogP contribution is -2.25. The second-order valence-corrected chi connectivity index (χ2v) is 8.22. The van der Waals surface area contributed by atoms with Crippen molar-refractivity contribution >= 4 is 0 Å². The lowest BCUT2D eigenvalue weighted by Gasteiger charge is -2.24. The first-order chi connectivity index (χ1) is 13.8. The molecule has 0 aromatic heterocycles. The van der Waals surface area contributed by atoms with Crippen LogP contribution in [-0.2, 0) is 9.47 Å². The van der Waals surface area contributed by atoms with Crippen LogP contribution in [0.25, 0.3) is 0 Å². The Kier molecular flexibility index (Phi) is 22.3. The van der Waals surface area contributed by atoms with Crippen LogP contribution < -0.4 is 0 Å². The molecule has 0 aromatic rings. The molecule has 0 radical (unpaired) electrons. The minimum atomic E-state index is -0.0759. The van der Waals surface area contributed by atoms with Crippen molar-refractivity contribution in [2.45, 2.75) is 149 Å². The van der Waals surface area contributed by atoms with E-state index < -0.39 is 0 Å². The highest BCUT2D eigenvalue weighted by Crippen LogP contribution is 2.18. The van der Waals surface area contributed by atoms with Crippen molar-refractivity contribution in [3.63, 3.8) is 0 Å². The predicted molar refractivity (Wildman–Crippen MR) is 124 cm³/mol. The van der Waals surface area contributed by atoms with Gasteiger partial charge in [-0.15, -0.1) is 12.3 Å². The van der Waals surface area contributed by atoms with E-state index in [0.717, 1.165) is 12.8 Å². The summed E-state index contributed by atoms with van der Waals surface area (Å²) in [7, 11) is 0. The van der Waals surface area contributed by atoms with Crippen molar-refractivity contribution in [3.05, 3.63) is 0 Å². The Morgan fingerprint density at radius 1 is 0.643 bits per heavy atom. The molecule has 2 nitrogen and oxygen atoms in total. The lowest BCUT2D eigenvalue weighted by molar-refractivity contribution is -0.172. The Balaban J connectivity index is 3.95. The van der Waals surface area contributed by atoms with Gasteiger partial charge >= 0.3 is 0 Å². The van der Waals surface area contributed by atoms with Gasteiger partial charge in [0.05, 0.1) is 6.10 Å². The van der Waals surface area contributed by atoms with Gasteiger partial charge in [0.1, 0.15) is 0 Å². The summed E-state index contributed by atoms with van der Waals surface area (Å²) < 4.78 is 12.1. The minimum absolute atomic E-state index is 0.0759. The molecule has 0 saturated carbocycles. The monoisotopic (exact) mass is 394 g/mol. The van der Waals surface area contributed by atoms with E-state index in [2.05, 4.69) is 26.7 Å². The highest BCUT2D eigenvalue weighted by atomic mass is 16.7. The third kappa shape index (κ3) is 18.8. The molecule has 0 saturated heterocycles. The topological polar surface area (TPSA) is 18.5 Å². The van der Waals surface area contributed by atoms with Crippen LogP contribution in [0.1, 0.15) is 136 Å². The second kappa shape index (κ2) is 22.8. The Labute approximate surface area is 177 Å². The molecular formula is C26H50O2. The van der Waals surface area contributed by atoms with Gasteiger partial charge in [-0.1, -0.05) is 104 Å². The molecule has 2 heteroatoms. The maximum Gasteiger partial charge on any atom is 0.157 e. The molecule has 0 spiro atoms. The van der Waals surface area contributed by atoms with Crippen LogP contribution in [0.2, 0.25) is 0 Å². The van der Waals surface area contributed by atoms with E-state index in [1.54, 1.807) is 0 Å². The van der Waals surface area contributed by atoms with Crippen LogP contribution in [0.4, 0.5) is 0 Å². The van der Waals surface area contributed by atoms with Gasteiger partial charge in [0.2, 0.25) is 0 Å². The summed E-state index contributed by atoms with van der Waals surface area (Å²) in [5, 5.41) is 0. The second-order valence-electron chi connectivity index (χ2n) is 8.22. The zero-order valence-electron chi connectivity index (χ0n) is 19.5. The van der Waals surface area contributed by atoms with Crippen LogP contribution in [-0.4, -0.2) is 19.0 Å². The number of unbranched alkanes of at least 4 members (excludes halogenated alkanes) is 13. The van der Waals surface area contributed by atoms with E-state index >= 15 is 0 Å². The van der Waals surface area contributed by atoms with Gasteiger partial charge in [0, 0.05) is 13.0 Å². The molecule has 0 aliphatic rings. The summed E-state index contributed by atoms with van der Waals surface area (Å²) in [6.07, 6.45) is 28.4. The first kappa shape index (κ1) is 27.5. The van der Waals surface area contributed by atoms with E-state index in [0.29, 0.717) is 13.0 Å². The summed E-state index contributed by atoms with van der Waals surface area (Å²) in [6, 6.07) is 0. The number of hydrogen-bond acceptors (Lipinski definition) is 2. The fourth-order valence-electron chi connectivity index (χ4n) is 3.71. The van der Waals surface area contributed by atoms with E-state index in [1.807, 2.05) is 0 Å². The number of hydrogen-bond donors (Lipinski definition) is 0. The van der Waals surface area contributed by atoms with Crippen LogP contribution >= 0.6 is 0 Å². The smallest absolute Gasteiger partial charge is 0.157 e. The highest BCUT2D eigenvalue weighted by molar-refractivity contribution is 4.87. The zero-order valence-corrected chi connectivity index (χ0v) is 19.5. The van der Waals surface area contributed by atoms with E-state index in [-0.39, 0.29) is 12.4 Å². The summed E-state index contributed by atoms with van der Waals surface area (Å²) in [4.78, 5) is 0. The minimum Gasteiger partial charge on any atom is -0.353 e. The van der Waals surface area contributed by atoms with Gasteiger partial charge in [-0.05, 0) is 26.2 Å². The Hall–Kier alpha value is -0.520. The molecule has 0 N–H and O–H groups in total. The van der Waals surface area contributed by atoms with Gasteiger partial charge < -0.3 is 9.47 Å². The summed E-state index contributed by atoms with van der Waals surface area (Å²) >= 11 is 0.